The molecule has 1 fully saturated rings. The molecule has 0 amide bonds. The van der Waals surface area contributed by atoms with Crippen LogP contribution < -0.4 is 5.32 Å². The summed E-state index contributed by atoms with van der Waals surface area (Å²) in [5.41, 5.74) is 2.01. The van der Waals surface area contributed by atoms with Crippen molar-refractivity contribution in [3.05, 3.63) is 76.8 Å². The third-order valence-corrected chi connectivity index (χ3v) is 7.82. The molecule has 0 unspecified atom stereocenters. The van der Waals surface area contributed by atoms with Gasteiger partial charge in [0.25, 0.3) is 0 Å². The van der Waals surface area contributed by atoms with Gasteiger partial charge in [0, 0.05) is 54.5 Å². The number of benzene rings is 1. The number of H-pyrrole nitrogens is 1. The second-order valence-electron chi connectivity index (χ2n) is 8.66. The van der Waals surface area contributed by atoms with Gasteiger partial charge < -0.3 is 10.3 Å². The van der Waals surface area contributed by atoms with Crippen molar-refractivity contribution in [1.82, 2.24) is 24.2 Å². The molecule has 1 aromatic carbocycles. The average Bonchev–Trinajstić information content (AvgIpc) is 3.30. The largest absolute Gasteiger partial charge is 0.370 e. The van der Waals surface area contributed by atoms with Gasteiger partial charge in [-0.25, -0.2) is 18.4 Å². The van der Waals surface area contributed by atoms with Gasteiger partial charge in [0.05, 0.1) is 5.02 Å². The van der Waals surface area contributed by atoms with Crippen LogP contribution in [-0.2, 0) is 10.0 Å². The Morgan fingerprint density at radius 3 is 2.89 bits per heavy atom. The van der Waals surface area contributed by atoms with E-state index in [2.05, 4.69) is 25.3 Å². The predicted octanol–water partition coefficient (Wildman–Crippen LogP) is 4.94. The van der Waals surface area contributed by atoms with Crippen molar-refractivity contribution in [3.8, 4) is 11.4 Å². The monoisotopic (exact) mass is 526 g/mol. The number of piperidine rings is 1. The first-order chi connectivity index (χ1) is 17.4. The highest BCUT2D eigenvalue weighted by Gasteiger charge is 2.27. The normalized spacial score (nSPS) is 17.1. The smallest absolute Gasteiger partial charge is 0.236 e. The van der Waals surface area contributed by atoms with Crippen LogP contribution in [0.1, 0.15) is 18.4 Å². The summed E-state index contributed by atoms with van der Waals surface area (Å²) in [6.45, 7) is 1.30. The fourth-order valence-corrected chi connectivity index (χ4v) is 5.74. The minimum absolute atomic E-state index is 0.0521. The minimum Gasteiger partial charge on any atom is -0.370 e. The van der Waals surface area contributed by atoms with Gasteiger partial charge in [-0.15, -0.1) is 0 Å². The van der Waals surface area contributed by atoms with Crippen molar-refractivity contribution in [2.45, 2.75) is 12.8 Å². The van der Waals surface area contributed by atoms with Crippen molar-refractivity contribution in [1.29, 1.82) is 0 Å². The Kier molecular flexibility index (Phi) is 6.99. The number of aromatic nitrogens is 4. The van der Waals surface area contributed by atoms with Crippen molar-refractivity contribution in [2.24, 2.45) is 5.92 Å². The van der Waals surface area contributed by atoms with Crippen molar-refractivity contribution in [2.75, 3.05) is 25.0 Å². The fraction of sp³-hybridized carbons (Fsp3) is 0.240. The Balaban J connectivity index is 1.27. The van der Waals surface area contributed by atoms with Crippen molar-refractivity contribution in [3.63, 3.8) is 0 Å². The number of anilines is 1. The van der Waals surface area contributed by atoms with Crippen LogP contribution in [0.25, 0.3) is 28.5 Å². The van der Waals surface area contributed by atoms with Crippen molar-refractivity contribution >= 4 is 44.6 Å². The maximum Gasteiger partial charge on any atom is 0.236 e. The van der Waals surface area contributed by atoms with E-state index >= 15 is 0 Å². The van der Waals surface area contributed by atoms with Crippen LogP contribution in [-0.4, -0.2) is 52.3 Å². The quantitative estimate of drug-likeness (QED) is 0.331. The Bertz CT molecular complexity index is 1510. The zero-order chi connectivity index (χ0) is 25.1. The molecule has 0 aliphatic carbocycles. The molecule has 11 heteroatoms. The van der Waals surface area contributed by atoms with E-state index < -0.39 is 16.0 Å². The number of pyridine rings is 1. The van der Waals surface area contributed by atoms with Crippen LogP contribution in [0.3, 0.4) is 0 Å². The lowest BCUT2D eigenvalue weighted by Gasteiger charge is -2.31. The Hall–Kier alpha value is -3.34. The topological polar surface area (TPSA) is 104 Å². The number of aromatic amines is 1. The van der Waals surface area contributed by atoms with E-state index in [-0.39, 0.29) is 11.7 Å². The number of hydrogen-bond acceptors (Lipinski definition) is 6. The SMILES string of the molecule is O=S(=O)(/C=C/c1ccccc1)N1CCC[C@H](CNc2cc(F)nc(-c3c[nH]c4ncc(Cl)cc34)n2)C1. The molecular weight excluding hydrogens is 503 g/mol. The molecule has 186 valence electrons. The number of hydrogen-bond donors (Lipinski definition) is 2. The number of nitrogens with zero attached hydrogens (tertiary/aromatic N) is 4. The van der Waals surface area contributed by atoms with E-state index in [4.69, 9.17) is 11.6 Å². The molecule has 1 atom stereocenters. The van der Waals surface area contributed by atoms with Gasteiger partial charge >= 0.3 is 0 Å². The Morgan fingerprint density at radius 2 is 2.06 bits per heavy atom. The van der Waals surface area contributed by atoms with Crippen LogP contribution in [0.4, 0.5) is 10.2 Å². The van der Waals surface area contributed by atoms with Crippen LogP contribution in [0.5, 0.6) is 0 Å². The maximum atomic E-state index is 14.4. The van der Waals surface area contributed by atoms with Gasteiger partial charge in [0.15, 0.2) is 5.82 Å². The number of sulfonamides is 1. The van der Waals surface area contributed by atoms with Crippen LogP contribution >= 0.6 is 11.6 Å². The first-order valence-electron chi connectivity index (χ1n) is 11.5. The summed E-state index contributed by atoms with van der Waals surface area (Å²) in [6, 6.07) is 12.3. The molecule has 1 aliphatic rings. The standard InChI is InChI=1S/C25H24ClFN6O2S/c26-19-11-20-21(15-30-24(20)29-14-19)25-31-22(27)12-23(32-25)28-13-18-7-4-9-33(16-18)36(34,35)10-8-17-5-2-1-3-6-17/h1-3,5-6,8,10-12,14-15,18H,4,7,9,13,16H2,(H,29,30)(H,28,31,32)/b10-8+/t18-/m1/s1. The third kappa shape index (κ3) is 5.56. The lowest BCUT2D eigenvalue weighted by Crippen LogP contribution is -2.40. The molecule has 2 N–H and O–H groups in total. The summed E-state index contributed by atoms with van der Waals surface area (Å²) in [6.07, 6.45) is 6.40. The molecule has 0 radical (unpaired) electrons. The molecule has 0 bridgehead atoms. The zero-order valence-corrected chi connectivity index (χ0v) is 20.8. The molecule has 3 aromatic heterocycles. The highest BCUT2D eigenvalue weighted by Crippen LogP contribution is 2.28. The first-order valence-corrected chi connectivity index (χ1v) is 13.4. The molecule has 1 aliphatic heterocycles. The van der Waals surface area contributed by atoms with E-state index in [0.29, 0.717) is 47.1 Å². The van der Waals surface area contributed by atoms with Gasteiger partial charge in [-0.3, -0.25) is 0 Å². The Morgan fingerprint density at radius 1 is 1.22 bits per heavy atom. The second kappa shape index (κ2) is 10.3. The zero-order valence-electron chi connectivity index (χ0n) is 19.2. The van der Waals surface area contributed by atoms with E-state index in [1.165, 1.54) is 22.0 Å². The van der Waals surface area contributed by atoms with Crippen LogP contribution in [0.15, 0.2) is 60.3 Å². The number of rotatable bonds is 7. The van der Waals surface area contributed by atoms with E-state index in [0.717, 1.165) is 18.4 Å². The van der Waals surface area contributed by atoms with Gasteiger partial charge in [0.1, 0.15) is 11.5 Å². The average molecular weight is 527 g/mol. The lowest BCUT2D eigenvalue weighted by molar-refractivity contribution is 0.277. The van der Waals surface area contributed by atoms with E-state index in [9.17, 15) is 12.8 Å². The third-order valence-electron chi connectivity index (χ3n) is 6.08. The summed E-state index contributed by atoms with van der Waals surface area (Å²) in [5, 5.41) is 5.56. The van der Waals surface area contributed by atoms with Gasteiger partial charge in [0.2, 0.25) is 16.0 Å². The highest BCUT2D eigenvalue weighted by molar-refractivity contribution is 7.92. The van der Waals surface area contributed by atoms with Gasteiger partial charge in [-0.05, 0) is 36.5 Å². The van der Waals surface area contributed by atoms with E-state index in [1.54, 1.807) is 18.3 Å². The van der Waals surface area contributed by atoms with Crippen LogP contribution in [0, 0.1) is 11.9 Å². The summed E-state index contributed by atoms with van der Waals surface area (Å²) >= 11 is 6.07. The molecule has 8 nitrogen and oxygen atoms in total. The molecule has 4 aromatic rings. The lowest BCUT2D eigenvalue weighted by atomic mass is 10.00. The molecule has 1 saturated heterocycles. The summed E-state index contributed by atoms with van der Waals surface area (Å²) in [5.74, 6) is -0.0977. The molecule has 4 heterocycles. The van der Waals surface area contributed by atoms with Crippen LogP contribution in [0.2, 0.25) is 5.02 Å². The molecule has 0 saturated carbocycles. The van der Waals surface area contributed by atoms with Gasteiger partial charge in [-0.2, -0.15) is 13.7 Å². The number of halogens is 2. The first kappa shape index (κ1) is 24.4. The summed E-state index contributed by atoms with van der Waals surface area (Å²) < 4.78 is 41.6. The van der Waals surface area contributed by atoms with Gasteiger partial charge in [-0.1, -0.05) is 41.9 Å². The molecule has 5 rings (SSSR count). The molecule has 0 spiro atoms. The number of fused-ring (bicyclic) bond motifs is 1. The molecule has 36 heavy (non-hydrogen) atoms. The Labute approximate surface area is 213 Å². The highest BCUT2D eigenvalue weighted by atomic mass is 35.5. The second-order valence-corrected chi connectivity index (χ2v) is 10.9. The van der Waals surface area contributed by atoms with E-state index in [1.807, 2.05) is 30.3 Å². The minimum atomic E-state index is -3.55. The number of nitrogens with one attached hydrogen (secondary N) is 2. The summed E-state index contributed by atoms with van der Waals surface area (Å²) in [4.78, 5) is 15.6. The summed E-state index contributed by atoms with van der Waals surface area (Å²) in [7, 11) is -3.55. The van der Waals surface area contributed by atoms with Crippen molar-refractivity contribution < 1.29 is 12.8 Å². The maximum absolute atomic E-state index is 14.4. The predicted molar refractivity (Wildman–Crippen MR) is 139 cm³/mol. The molecular formula is C25H24ClFN6O2S. The fourth-order valence-electron chi connectivity index (χ4n) is 4.28.